The second-order valence-corrected chi connectivity index (χ2v) is 5.31. The molecule has 1 aliphatic rings. The average molecular weight is 312 g/mol. The predicted molar refractivity (Wildman–Crippen MR) is 88.8 cm³/mol. The Morgan fingerprint density at radius 1 is 1.13 bits per heavy atom. The second kappa shape index (κ2) is 6.65. The highest BCUT2D eigenvalue weighted by molar-refractivity contribution is 5.55. The minimum atomic E-state index is 0.0838. The lowest BCUT2D eigenvalue weighted by Gasteiger charge is -2.19. The first-order chi connectivity index (χ1) is 11.2. The zero-order valence-electron chi connectivity index (χ0n) is 13.4. The Bertz CT molecular complexity index is 709. The van der Waals surface area contributed by atoms with E-state index in [9.17, 15) is 0 Å². The lowest BCUT2D eigenvalue weighted by molar-refractivity contribution is 0.174. The molecule has 120 valence electrons. The third-order valence-corrected chi connectivity index (χ3v) is 3.93. The summed E-state index contributed by atoms with van der Waals surface area (Å²) in [4.78, 5) is 0. The summed E-state index contributed by atoms with van der Waals surface area (Å²) in [6.07, 6.45) is 1.72. The highest BCUT2D eigenvalue weighted by atomic mass is 16.7. The topological polar surface area (TPSA) is 36.9 Å². The van der Waals surface area contributed by atoms with Gasteiger partial charge in [-0.3, -0.25) is 0 Å². The Balaban J connectivity index is 2.04. The van der Waals surface area contributed by atoms with E-state index in [0.717, 1.165) is 28.4 Å². The molecule has 2 aromatic rings. The first-order valence-electron chi connectivity index (χ1n) is 7.54. The van der Waals surface area contributed by atoms with Gasteiger partial charge in [-0.05, 0) is 12.1 Å². The molecule has 0 saturated heterocycles. The molecule has 0 bridgehead atoms. The Labute approximate surface area is 136 Å². The van der Waals surface area contributed by atoms with Gasteiger partial charge in [-0.25, -0.2) is 0 Å². The van der Waals surface area contributed by atoms with Crippen LogP contribution in [0.15, 0.2) is 49.1 Å². The number of methoxy groups -OCH3 is 1. The smallest absolute Gasteiger partial charge is 0.231 e. The van der Waals surface area contributed by atoms with E-state index < -0.39 is 0 Å². The van der Waals surface area contributed by atoms with Gasteiger partial charge in [-0.1, -0.05) is 37.8 Å². The molecule has 4 nitrogen and oxygen atoms in total. The quantitative estimate of drug-likeness (QED) is 0.751. The summed E-state index contributed by atoms with van der Waals surface area (Å²) in [6, 6.07) is 11.9. The fourth-order valence-electron chi connectivity index (χ4n) is 2.74. The van der Waals surface area contributed by atoms with E-state index in [1.54, 1.807) is 13.2 Å². The normalized spacial score (nSPS) is 13.5. The summed E-state index contributed by atoms with van der Waals surface area (Å²) in [7, 11) is 1.68. The predicted octanol–water partition coefficient (Wildman–Crippen LogP) is 4.14. The maximum Gasteiger partial charge on any atom is 0.231 e. The molecule has 4 heteroatoms. The van der Waals surface area contributed by atoms with Gasteiger partial charge in [-0.2, -0.15) is 0 Å². The minimum absolute atomic E-state index is 0.0838. The number of ether oxygens (including phenoxy) is 4. The number of para-hydroxylation sites is 1. The van der Waals surface area contributed by atoms with E-state index in [2.05, 4.69) is 19.6 Å². The maximum atomic E-state index is 5.83. The molecule has 0 fully saturated rings. The Morgan fingerprint density at radius 2 is 1.87 bits per heavy atom. The molecule has 0 N–H and O–H groups in total. The van der Waals surface area contributed by atoms with Crippen LogP contribution in [0.1, 0.15) is 24.0 Å². The third-order valence-electron chi connectivity index (χ3n) is 3.93. The van der Waals surface area contributed by atoms with Gasteiger partial charge in [0.2, 0.25) is 6.79 Å². The van der Waals surface area contributed by atoms with Crippen molar-refractivity contribution in [3.8, 4) is 23.0 Å². The number of benzene rings is 2. The van der Waals surface area contributed by atoms with Crippen LogP contribution in [0.25, 0.3) is 0 Å². The highest BCUT2D eigenvalue weighted by Gasteiger charge is 2.23. The second-order valence-electron chi connectivity index (χ2n) is 5.31. The van der Waals surface area contributed by atoms with Crippen molar-refractivity contribution in [2.45, 2.75) is 12.8 Å². The summed E-state index contributed by atoms with van der Waals surface area (Å²) < 4.78 is 22.3. The molecule has 1 atom stereocenters. The fourth-order valence-corrected chi connectivity index (χ4v) is 2.74. The lowest BCUT2D eigenvalue weighted by atomic mass is 9.91. The van der Waals surface area contributed by atoms with Gasteiger partial charge in [0.05, 0.1) is 7.11 Å². The Morgan fingerprint density at radius 3 is 2.61 bits per heavy atom. The van der Waals surface area contributed by atoms with Crippen LogP contribution in [-0.4, -0.2) is 20.5 Å². The van der Waals surface area contributed by atoms with Crippen molar-refractivity contribution >= 4 is 0 Å². The largest absolute Gasteiger partial charge is 0.496 e. The summed E-state index contributed by atoms with van der Waals surface area (Å²) in [5.41, 5.74) is 2.12. The molecule has 0 unspecified atom stereocenters. The maximum absolute atomic E-state index is 5.83. The first kappa shape index (κ1) is 15.3. The molecule has 3 rings (SSSR count). The van der Waals surface area contributed by atoms with Crippen molar-refractivity contribution in [3.05, 3.63) is 60.2 Å². The van der Waals surface area contributed by atoms with E-state index in [1.165, 1.54) is 0 Å². The summed E-state index contributed by atoms with van der Waals surface area (Å²) in [5.74, 6) is 3.16. The molecule has 1 aliphatic heterocycles. The molecule has 0 radical (unpaired) electrons. The molecule has 2 aromatic carbocycles. The van der Waals surface area contributed by atoms with Crippen molar-refractivity contribution < 1.29 is 18.9 Å². The standard InChI is InChI=1S/C19H20O4/c1-4-9-21-17-11-19-18(22-12-23-19)10-15(17)13(2)14-7-5-6-8-16(14)20-3/h4-8,10-11,13H,1,9,12H2,2-3H3/t13-/m1/s1. The van der Waals surface area contributed by atoms with Gasteiger partial charge in [0.1, 0.15) is 18.1 Å². The van der Waals surface area contributed by atoms with Gasteiger partial charge < -0.3 is 18.9 Å². The monoisotopic (exact) mass is 312 g/mol. The van der Waals surface area contributed by atoms with Crippen molar-refractivity contribution in [2.24, 2.45) is 0 Å². The third kappa shape index (κ3) is 2.97. The summed E-state index contributed by atoms with van der Waals surface area (Å²) >= 11 is 0. The number of fused-ring (bicyclic) bond motifs is 1. The molecule has 0 aromatic heterocycles. The fraction of sp³-hybridized carbons (Fsp3) is 0.263. The summed E-state index contributed by atoms with van der Waals surface area (Å²) in [5, 5.41) is 0. The lowest BCUT2D eigenvalue weighted by Crippen LogP contribution is -2.04. The average Bonchev–Trinajstić information content (AvgIpc) is 3.05. The molecular formula is C19H20O4. The Kier molecular flexibility index (Phi) is 4.42. The van der Waals surface area contributed by atoms with Crippen LogP contribution >= 0.6 is 0 Å². The van der Waals surface area contributed by atoms with E-state index in [-0.39, 0.29) is 12.7 Å². The number of hydrogen-bond acceptors (Lipinski definition) is 4. The van der Waals surface area contributed by atoms with Gasteiger partial charge in [-0.15, -0.1) is 0 Å². The van der Waals surface area contributed by atoms with Crippen molar-refractivity contribution in [2.75, 3.05) is 20.5 Å². The molecule has 0 spiro atoms. The van der Waals surface area contributed by atoms with Crippen LogP contribution in [0.4, 0.5) is 0 Å². The first-order valence-corrected chi connectivity index (χ1v) is 7.54. The van der Waals surface area contributed by atoms with Crippen LogP contribution in [0, 0.1) is 0 Å². The van der Waals surface area contributed by atoms with Gasteiger partial charge in [0, 0.05) is 23.1 Å². The number of rotatable bonds is 6. The van der Waals surface area contributed by atoms with Gasteiger partial charge >= 0.3 is 0 Å². The molecule has 0 aliphatic carbocycles. The van der Waals surface area contributed by atoms with Gasteiger partial charge in [0.15, 0.2) is 11.5 Å². The van der Waals surface area contributed by atoms with Crippen molar-refractivity contribution in [3.63, 3.8) is 0 Å². The van der Waals surface area contributed by atoms with E-state index >= 15 is 0 Å². The molecular weight excluding hydrogens is 292 g/mol. The minimum Gasteiger partial charge on any atom is -0.496 e. The van der Waals surface area contributed by atoms with Crippen molar-refractivity contribution in [1.29, 1.82) is 0 Å². The van der Waals surface area contributed by atoms with E-state index in [1.807, 2.05) is 30.3 Å². The summed E-state index contributed by atoms with van der Waals surface area (Å²) in [6.45, 7) is 6.50. The van der Waals surface area contributed by atoms with Crippen LogP contribution < -0.4 is 18.9 Å². The van der Waals surface area contributed by atoms with Crippen molar-refractivity contribution in [1.82, 2.24) is 0 Å². The molecule has 23 heavy (non-hydrogen) atoms. The highest BCUT2D eigenvalue weighted by Crippen LogP contribution is 2.43. The molecule has 1 heterocycles. The van der Waals surface area contributed by atoms with Crippen LogP contribution in [0.2, 0.25) is 0 Å². The molecule has 0 saturated carbocycles. The van der Waals surface area contributed by atoms with E-state index in [0.29, 0.717) is 12.4 Å². The Hall–Kier alpha value is -2.62. The van der Waals surface area contributed by atoms with E-state index in [4.69, 9.17) is 18.9 Å². The SMILES string of the molecule is C=CCOc1cc2c(cc1[C@H](C)c1ccccc1OC)OCO2. The van der Waals surface area contributed by atoms with Crippen LogP contribution in [-0.2, 0) is 0 Å². The van der Waals surface area contributed by atoms with Gasteiger partial charge in [0.25, 0.3) is 0 Å². The zero-order valence-corrected chi connectivity index (χ0v) is 13.4. The number of hydrogen-bond donors (Lipinski definition) is 0. The van der Waals surface area contributed by atoms with Crippen LogP contribution in [0.3, 0.4) is 0 Å². The van der Waals surface area contributed by atoms with Crippen LogP contribution in [0.5, 0.6) is 23.0 Å². The zero-order chi connectivity index (χ0) is 16.2. The molecule has 0 amide bonds.